The Morgan fingerprint density at radius 2 is 2.00 bits per heavy atom. The molecular weight excluding hydrogens is 409 g/mol. The van der Waals surface area contributed by atoms with Gasteiger partial charge in [-0.1, -0.05) is 29.3 Å². The first kappa shape index (κ1) is 20.7. The summed E-state index contributed by atoms with van der Waals surface area (Å²) in [5, 5.41) is 4.19. The molecular formula is C19H24Cl3N3O2. The van der Waals surface area contributed by atoms with Crippen molar-refractivity contribution < 1.29 is 9.59 Å². The Hall–Kier alpha value is -1.01. The molecule has 3 fully saturated rings. The summed E-state index contributed by atoms with van der Waals surface area (Å²) in [7, 11) is 0. The van der Waals surface area contributed by atoms with Crippen LogP contribution in [-0.4, -0.2) is 60.4 Å². The van der Waals surface area contributed by atoms with Crippen molar-refractivity contribution in [3.63, 3.8) is 0 Å². The van der Waals surface area contributed by atoms with Gasteiger partial charge in [0.15, 0.2) is 0 Å². The van der Waals surface area contributed by atoms with Crippen molar-refractivity contribution in [3.8, 4) is 0 Å². The zero-order valence-corrected chi connectivity index (χ0v) is 17.3. The van der Waals surface area contributed by atoms with E-state index in [1.807, 2.05) is 21.9 Å². The number of nitrogens with zero attached hydrogens (tertiary/aromatic N) is 2. The molecule has 1 saturated carbocycles. The number of amides is 2. The highest BCUT2D eigenvalue weighted by atomic mass is 35.5. The molecule has 0 bridgehead atoms. The third-order valence-electron chi connectivity index (χ3n) is 5.75. The van der Waals surface area contributed by atoms with Crippen LogP contribution in [0.15, 0.2) is 18.2 Å². The van der Waals surface area contributed by atoms with Crippen molar-refractivity contribution in [2.75, 3.05) is 32.7 Å². The summed E-state index contributed by atoms with van der Waals surface area (Å²) in [5.74, 6) is 0.632. The molecule has 0 radical (unpaired) electrons. The van der Waals surface area contributed by atoms with E-state index < -0.39 is 0 Å². The van der Waals surface area contributed by atoms with Crippen molar-refractivity contribution in [1.29, 1.82) is 0 Å². The van der Waals surface area contributed by atoms with Gasteiger partial charge >= 0.3 is 0 Å². The minimum absolute atomic E-state index is 0. The van der Waals surface area contributed by atoms with Gasteiger partial charge in [0.05, 0.1) is 16.6 Å². The number of likely N-dealkylation sites (tertiary alicyclic amines) is 1. The lowest BCUT2D eigenvalue weighted by molar-refractivity contribution is -0.141. The van der Waals surface area contributed by atoms with Crippen LogP contribution in [0.5, 0.6) is 0 Å². The van der Waals surface area contributed by atoms with Crippen LogP contribution in [-0.2, 0) is 9.59 Å². The highest BCUT2D eigenvalue weighted by Gasteiger charge is 2.46. The van der Waals surface area contributed by atoms with Gasteiger partial charge in [0.2, 0.25) is 11.8 Å². The number of nitrogens with one attached hydrogen (secondary N) is 1. The van der Waals surface area contributed by atoms with Crippen LogP contribution < -0.4 is 5.32 Å². The number of halogens is 3. The third kappa shape index (κ3) is 4.37. The van der Waals surface area contributed by atoms with Gasteiger partial charge in [0.1, 0.15) is 0 Å². The molecule has 27 heavy (non-hydrogen) atoms. The molecule has 8 heteroatoms. The van der Waals surface area contributed by atoms with Crippen LogP contribution in [0.4, 0.5) is 0 Å². The highest BCUT2D eigenvalue weighted by Crippen LogP contribution is 2.49. The van der Waals surface area contributed by atoms with E-state index in [1.54, 1.807) is 6.07 Å². The topological polar surface area (TPSA) is 52.7 Å². The average Bonchev–Trinajstić information content (AvgIpc) is 3.45. The lowest BCUT2D eigenvalue weighted by Crippen LogP contribution is -2.57. The van der Waals surface area contributed by atoms with Gasteiger partial charge in [-0.25, -0.2) is 0 Å². The summed E-state index contributed by atoms with van der Waals surface area (Å²) < 4.78 is 0. The lowest BCUT2D eigenvalue weighted by Gasteiger charge is -2.41. The fourth-order valence-electron chi connectivity index (χ4n) is 4.23. The molecule has 0 aromatic heterocycles. The molecule has 1 aliphatic carbocycles. The van der Waals surface area contributed by atoms with E-state index in [1.165, 1.54) is 0 Å². The Labute approximate surface area is 175 Å². The molecule has 0 spiro atoms. The first-order chi connectivity index (χ1) is 12.5. The van der Waals surface area contributed by atoms with Gasteiger partial charge in [0.25, 0.3) is 0 Å². The number of carbonyl (C=O) groups excluding carboxylic acids is 2. The Balaban J connectivity index is 0.00000210. The van der Waals surface area contributed by atoms with Gasteiger partial charge in [-0.15, -0.1) is 12.4 Å². The summed E-state index contributed by atoms with van der Waals surface area (Å²) in [6, 6.07) is 5.79. The number of hydrogen-bond acceptors (Lipinski definition) is 3. The molecule has 3 aliphatic rings. The molecule has 2 heterocycles. The van der Waals surface area contributed by atoms with Crippen LogP contribution in [0.2, 0.25) is 10.0 Å². The minimum Gasteiger partial charge on any atom is -0.340 e. The molecule has 148 valence electrons. The second kappa shape index (κ2) is 8.56. The molecule has 2 aliphatic heterocycles. The second-order valence-electron chi connectivity index (χ2n) is 7.47. The lowest BCUT2D eigenvalue weighted by atomic mass is 10.0. The van der Waals surface area contributed by atoms with Gasteiger partial charge in [-0.2, -0.15) is 0 Å². The van der Waals surface area contributed by atoms with Crippen LogP contribution in [0, 0.1) is 5.92 Å². The maximum atomic E-state index is 13.0. The number of piperazine rings is 1. The number of carbonyl (C=O) groups is 2. The molecule has 3 unspecified atom stereocenters. The first-order valence-corrected chi connectivity index (χ1v) is 10.0. The van der Waals surface area contributed by atoms with E-state index in [9.17, 15) is 9.59 Å². The number of piperidine rings is 1. The summed E-state index contributed by atoms with van der Waals surface area (Å²) in [6.07, 6.45) is 2.80. The van der Waals surface area contributed by atoms with Crippen molar-refractivity contribution >= 4 is 47.4 Å². The molecule has 1 aromatic carbocycles. The second-order valence-corrected chi connectivity index (χ2v) is 8.28. The maximum absolute atomic E-state index is 13.0. The number of rotatable bonds is 3. The van der Waals surface area contributed by atoms with E-state index in [-0.39, 0.29) is 42.1 Å². The van der Waals surface area contributed by atoms with E-state index in [0.29, 0.717) is 23.1 Å². The zero-order chi connectivity index (χ0) is 18.3. The van der Waals surface area contributed by atoms with Crippen LogP contribution in [0.1, 0.15) is 30.7 Å². The van der Waals surface area contributed by atoms with Crippen molar-refractivity contribution in [2.24, 2.45) is 5.92 Å². The SMILES string of the molecule is Cl.O=C(C1CC1c1ccc(Cl)c(Cl)c1)N1CCCC(N2CCNCC2=O)C1. The van der Waals surface area contributed by atoms with Crippen molar-refractivity contribution in [3.05, 3.63) is 33.8 Å². The molecule has 2 saturated heterocycles. The van der Waals surface area contributed by atoms with Crippen LogP contribution in [0.25, 0.3) is 0 Å². The highest BCUT2D eigenvalue weighted by molar-refractivity contribution is 6.42. The molecule has 1 N–H and O–H groups in total. The monoisotopic (exact) mass is 431 g/mol. The summed E-state index contributed by atoms with van der Waals surface area (Å²) in [5.41, 5.74) is 1.09. The van der Waals surface area contributed by atoms with Crippen LogP contribution >= 0.6 is 35.6 Å². The quantitative estimate of drug-likeness (QED) is 0.799. The van der Waals surface area contributed by atoms with Crippen LogP contribution in [0.3, 0.4) is 0 Å². The standard InChI is InChI=1S/C19H23Cl2N3O2.ClH/c20-16-4-3-12(8-17(16)21)14-9-15(14)19(26)23-6-1-2-13(11-23)24-7-5-22-10-18(24)25;/h3-4,8,13-15,22H,1-2,5-7,9-11H2;1H. The molecule has 1 aromatic rings. The Morgan fingerprint density at radius 3 is 2.74 bits per heavy atom. The molecule has 2 amide bonds. The van der Waals surface area contributed by atoms with E-state index in [2.05, 4.69) is 5.32 Å². The van der Waals surface area contributed by atoms with E-state index >= 15 is 0 Å². The van der Waals surface area contributed by atoms with E-state index in [4.69, 9.17) is 23.2 Å². The fourth-order valence-corrected chi connectivity index (χ4v) is 4.54. The normalized spacial score (nSPS) is 27.9. The predicted octanol–water partition coefficient (Wildman–Crippen LogP) is 2.94. The van der Waals surface area contributed by atoms with E-state index in [0.717, 1.165) is 44.5 Å². The summed E-state index contributed by atoms with van der Waals surface area (Å²) >= 11 is 12.1. The summed E-state index contributed by atoms with van der Waals surface area (Å²) in [6.45, 7) is 3.43. The predicted molar refractivity (Wildman–Crippen MR) is 109 cm³/mol. The molecule has 5 nitrogen and oxygen atoms in total. The minimum atomic E-state index is 0. The first-order valence-electron chi connectivity index (χ1n) is 9.28. The van der Waals surface area contributed by atoms with Crippen molar-refractivity contribution in [2.45, 2.75) is 31.2 Å². The fraction of sp³-hybridized carbons (Fsp3) is 0.579. The zero-order valence-electron chi connectivity index (χ0n) is 15.0. The largest absolute Gasteiger partial charge is 0.340 e. The number of benzene rings is 1. The average molecular weight is 433 g/mol. The molecule has 4 rings (SSSR count). The number of hydrogen-bond donors (Lipinski definition) is 1. The van der Waals surface area contributed by atoms with Gasteiger partial charge in [0, 0.05) is 38.1 Å². The Morgan fingerprint density at radius 1 is 1.19 bits per heavy atom. The summed E-state index contributed by atoms with van der Waals surface area (Å²) in [4.78, 5) is 29.0. The van der Waals surface area contributed by atoms with Gasteiger partial charge in [-0.3, -0.25) is 9.59 Å². The third-order valence-corrected chi connectivity index (χ3v) is 6.49. The smallest absolute Gasteiger partial charge is 0.236 e. The van der Waals surface area contributed by atoms with Gasteiger partial charge in [-0.05, 0) is 42.9 Å². The van der Waals surface area contributed by atoms with Gasteiger partial charge < -0.3 is 15.1 Å². The Bertz CT molecular complexity index is 730. The van der Waals surface area contributed by atoms with Crippen molar-refractivity contribution in [1.82, 2.24) is 15.1 Å². The Kier molecular flexibility index (Phi) is 6.57. The molecule has 3 atom stereocenters. The maximum Gasteiger partial charge on any atom is 0.236 e.